The van der Waals surface area contributed by atoms with Crippen molar-refractivity contribution in [2.75, 3.05) is 17.2 Å². The zero-order chi connectivity index (χ0) is 19.1. The molecule has 2 N–H and O–H groups in total. The van der Waals surface area contributed by atoms with Crippen LogP contribution in [0.25, 0.3) is 0 Å². The number of anilines is 2. The van der Waals surface area contributed by atoms with Crippen molar-refractivity contribution < 1.29 is 18.7 Å². The number of hydrogen-bond donors (Lipinski definition) is 2. The van der Waals surface area contributed by atoms with Crippen LogP contribution in [0, 0.1) is 0 Å². The summed E-state index contributed by atoms with van der Waals surface area (Å²) < 4.78 is 10.1. The van der Waals surface area contributed by atoms with Crippen LogP contribution in [-0.4, -0.2) is 28.7 Å². The molecule has 138 valence electrons. The second-order valence-corrected chi connectivity index (χ2v) is 5.49. The highest BCUT2D eigenvalue weighted by atomic mass is 16.5. The molecule has 0 aliphatic carbocycles. The van der Waals surface area contributed by atoms with E-state index in [2.05, 4.69) is 20.8 Å². The van der Waals surface area contributed by atoms with Crippen molar-refractivity contribution in [2.45, 2.75) is 13.5 Å². The molecule has 0 radical (unpaired) electrons. The van der Waals surface area contributed by atoms with E-state index < -0.39 is 11.9 Å². The van der Waals surface area contributed by atoms with Gasteiger partial charge < -0.3 is 19.8 Å². The molecule has 0 atom stereocenters. The third-order valence-corrected chi connectivity index (χ3v) is 3.57. The molecule has 0 bridgehead atoms. The Labute approximate surface area is 155 Å². The van der Waals surface area contributed by atoms with Gasteiger partial charge in [-0.2, -0.15) is 0 Å². The van der Waals surface area contributed by atoms with Gasteiger partial charge in [0.15, 0.2) is 5.69 Å². The number of nitrogens with zero attached hydrogens (tertiary/aromatic N) is 2. The Bertz CT molecular complexity index is 890. The average molecular weight is 366 g/mol. The number of carbonyl (C=O) groups excluding carboxylic acids is 2. The zero-order valence-electron chi connectivity index (χ0n) is 14.6. The topological polar surface area (TPSA) is 106 Å². The average Bonchev–Trinajstić information content (AvgIpc) is 3.21. The number of amides is 1. The van der Waals surface area contributed by atoms with Crippen molar-refractivity contribution in [3.8, 4) is 0 Å². The van der Waals surface area contributed by atoms with Crippen molar-refractivity contribution in [1.29, 1.82) is 0 Å². The molecule has 8 heteroatoms. The van der Waals surface area contributed by atoms with Crippen LogP contribution >= 0.6 is 0 Å². The predicted octanol–water partition coefficient (Wildman–Crippen LogP) is 3.11. The number of benzene rings is 1. The summed E-state index contributed by atoms with van der Waals surface area (Å²) in [7, 11) is 0. The molecule has 0 saturated carbocycles. The van der Waals surface area contributed by atoms with Gasteiger partial charge in [-0.1, -0.05) is 0 Å². The molecule has 2 aromatic heterocycles. The van der Waals surface area contributed by atoms with E-state index in [1.165, 1.54) is 0 Å². The third kappa shape index (κ3) is 4.91. The SMILES string of the molecule is CCOC(=O)c1ccc(NC(=O)c2ccc(NCc3ccco3)nn2)cc1. The van der Waals surface area contributed by atoms with Crippen LogP contribution in [0.4, 0.5) is 11.5 Å². The second-order valence-electron chi connectivity index (χ2n) is 5.49. The van der Waals surface area contributed by atoms with Crippen LogP contribution in [0.5, 0.6) is 0 Å². The molecule has 2 heterocycles. The minimum Gasteiger partial charge on any atom is -0.467 e. The summed E-state index contributed by atoms with van der Waals surface area (Å²) in [5.41, 5.74) is 1.13. The molecule has 0 fully saturated rings. The van der Waals surface area contributed by atoms with Crippen LogP contribution < -0.4 is 10.6 Å². The molecule has 8 nitrogen and oxygen atoms in total. The second kappa shape index (κ2) is 8.61. The first-order chi connectivity index (χ1) is 13.2. The van der Waals surface area contributed by atoms with Gasteiger partial charge in [0.1, 0.15) is 11.6 Å². The van der Waals surface area contributed by atoms with E-state index in [0.29, 0.717) is 30.2 Å². The minimum atomic E-state index is -0.404. The highest BCUT2D eigenvalue weighted by Crippen LogP contribution is 2.12. The van der Waals surface area contributed by atoms with Crippen molar-refractivity contribution in [1.82, 2.24) is 10.2 Å². The Balaban J connectivity index is 1.56. The first-order valence-corrected chi connectivity index (χ1v) is 8.34. The standard InChI is InChI=1S/C19H18N4O4/c1-2-26-19(25)13-5-7-14(8-6-13)21-18(24)16-9-10-17(23-22-16)20-12-15-4-3-11-27-15/h3-11H,2,12H2,1H3,(H,20,23)(H,21,24). The van der Waals surface area contributed by atoms with Gasteiger partial charge in [-0.3, -0.25) is 4.79 Å². The molecule has 0 unspecified atom stereocenters. The van der Waals surface area contributed by atoms with Gasteiger partial charge in [0, 0.05) is 5.69 Å². The van der Waals surface area contributed by atoms with Gasteiger partial charge in [0.05, 0.1) is 25.0 Å². The lowest BCUT2D eigenvalue weighted by Crippen LogP contribution is -2.15. The van der Waals surface area contributed by atoms with Gasteiger partial charge >= 0.3 is 5.97 Å². The Kier molecular flexibility index (Phi) is 5.78. The molecule has 1 amide bonds. The van der Waals surface area contributed by atoms with Gasteiger partial charge in [0.25, 0.3) is 5.91 Å². The molecular formula is C19H18N4O4. The molecule has 0 aliphatic heterocycles. The van der Waals surface area contributed by atoms with Crippen LogP contribution in [0.15, 0.2) is 59.2 Å². The zero-order valence-corrected chi connectivity index (χ0v) is 14.6. The molecule has 0 spiro atoms. The molecule has 0 aliphatic rings. The maximum Gasteiger partial charge on any atom is 0.338 e. The first kappa shape index (κ1) is 18.1. The lowest BCUT2D eigenvalue weighted by Gasteiger charge is -2.07. The summed E-state index contributed by atoms with van der Waals surface area (Å²) in [5, 5.41) is 13.6. The molecular weight excluding hydrogens is 348 g/mol. The Morgan fingerprint density at radius 3 is 2.52 bits per heavy atom. The van der Waals surface area contributed by atoms with Gasteiger partial charge in [-0.05, 0) is 55.5 Å². The fraction of sp³-hybridized carbons (Fsp3) is 0.158. The molecule has 0 saturated heterocycles. The monoisotopic (exact) mass is 366 g/mol. The summed E-state index contributed by atoms with van der Waals surface area (Å²) in [6.07, 6.45) is 1.59. The maximum atomic E-state index is 12.3. The maximum absolute atomic E-state index is 12.3. The number of carbonyl (C=O) groups is 2. The van der Waals surface area contributed by atoms with E-state index in [-0.39, 0.29) is 5.69 Å². The summed E-state index contributed by atoms with van der Waals surface area (Å²) in [6.45, 7) is 2.52. The fourth-order valence-electron chi connectivity index (χ4n) is 2.24. The van der Waals surface area contributed by atoms with E-state index in [9.17, 15) is 9.59 Å². The van der Waals surface area contributed by atoms with Crippen LogP contribution in [0.1, 0.15) is 33.5 Å². The number of aromatic nitrogens is 2. The Morgan fingerprint density at radius 2 is 1.89 bits per heavy atom. The Morgan fingerprint density at radius 1 is 1.07 bits per heavy atom. The number of furan rings is 1. The summed E-state index contributed by atoms with van der Waals surface area (Å²) in [4.78, 5) is 23.9. The van der Waals surface area contributed by atoms with Crippen molar-refractivity contribution in [2.24, 2.45) is 0 Å². The molecule has 3 aromatic rings. The van der Waals surface area contributed by atoms with Crippen LogP contribution in [0.2, 0.25) is 0 Å². The van der Waals surface area contributed by atoms with Gasteiger partial charge in [-0.25, -0.2) is 4.79 Å². The predicted molar refractivity (Wildman–Crippen MR) is 98.4 cm³/mol. The molecule has 1 aromatic carbocycles. The summed E-state index contributed by atoms with van der Waals surface area (Å²) in [5.74, 6) is 0.495. The highest BCUT2D eigenvalue weighted by Gasteiger charge is 2.10. The van der Waals surface area contributed by atoms with E-state index in [0.717, 1.165) is 5.76 Å². The first-order valence-electron chi connectivity index (χ1n) is 8.34. The van der Waals surface area contributed by atoms with Crippen LogP contribution in [0.3, 0.4) is 0 Å². The number of ether oxygens (including phenoxy) is 1. The van der Waals surface area contributed by atoms with Crippen LogP contribution in [-0.2, 0) is 11.3 Å². The van der Waals surface area contributed by atoms with E-state index in [1.807, 2.05) is 6.07 Å². The Hall–Kier alpha value is -3.68. The molecule has 3 rings (SSSR count). The largest absolute Gasteiger partial charge is 0.467 e. The number of esters is 1. The smallest absolute Gasteiger partial charge is 0.338 e. The fourth-order valence-corrected chi connectivity index (χ4v) is 2.24. The van der Waals surface area contributed by atoms with E-state index in [4.69, 9.17) is 9.15 Å². The number of rotatable bonds is 7. The third-order valence-electron chi connectivity index (χ3n) is 3.57. The van der Waals surface area contributed by atoms with E-state index in [1.54, 1.807) is 55.7 Å². The van der Waals surface area contributed by atoms with Gasteiger partial charge in [0.2, 0.25) is 0 Å². The highest BCUT2D eigenvalue weighted by molar-refractivity contribution is 6.03. The van der Waals surface area contributed by atoms with E-state index >= 15 is 0 Å². The summed E-state index contributed by atoms with van der Waals surface area (Å²) in [6, 6.07) is 13.3. The quantitative estimate of drug-likeness (QED) is 0.619. The number of nitrogens with one attached hydrogen (secondary N) is 2. The molecule has 27 heavy (non-hydrogen) atoms. The van der Waals surface area contributed by atoms with Crippen molar-refractivity contribution in [3.63, 3.8) is 0 Å². The van der Waals surface area contributed by atoms with Gasteiger partial charge in [-0.15, -0.1) is 10.2 Å². The lowest BCUT2D eigenvalue weighted by molar-refractivity contribution is 0.0526. The van der Waals surface area contributed by atoms with Crippen molar-refractivity contribution >= 4 is 23.4 Å². The summed E-state index contributed by atoms with van der Waals surface area (Å²) >= 11 is 0. The lowest BCUT2D eigenvalue weighted by atomic mass is 10.2. The van der Waals surface area contributed by atoms with Crippen molar-refractivity contribution in [3.05, 3.63) is 71.8 Å². The normalized spacial score (nSPS) is 10.3. The minimum absolute atomic E-state index is 0.174. The number of hydrogen-bond acceptors (Lipinski definition) is 7.